The van der Waals surface area contributed by atoms with Gasteiger partial charge in [-0.1, -0.05) is 18.0 Å². The predicted octanol–water partition coefficient (Wildman–Crippen LogP) is 4.85. The van der Waals surface area contributed by atoms with Crippen LogP contribution in [0.25, 0.3) is 33.3 Å². The van der Waals surface area contributed by atoms with E-state index in [0.717, 1.165) is 23.1 Å². The molecule has 4 aromatic rings. The lowest BCUT2D eigenvalue weighted by molar-refractivity contribution is -0.142. The molecule has 5 rings (SSSR count). The van der Waals surface area contributed by atoms with Gasteiger partial charge in [0.15, 0.2) is 0 Å². The van der Waals surface area contributed by atoms with E-state index in [9.17, 15) is 21.6 Å². The number of aryl methyl sites for hydroxylation is 2. The zero-order valence-corrected chi connectivity index (χ0v) is 19.3. The highest BCUT2D eigenvalue weighted by Gasteiger charge is 2.33. The van der Waals surface area contributed by atoms with Gasteiger partial charge in [-0.15, -0.1) is 0 Å². The number of nitrogens with zero attached hydrogens (tertiary/aromatic N) is 5. The molecule has 8 nitrogen and oxygen atoms in total. The summed E-state index contributed by atoms with van der Waals surface area (Å²) in [6.45, 7) is 2.30. The predicted molar refractivity (Wildman–Crippen MR) is 119 cm³/mol. The lowest BCUT2D eigenvalue weighted by Gasteiger charge is -2.13. The number of rotatable bonds is 5. The molecule has 4 heterocycles. The molecule has 4 aromatic heterocycles. The van der Waals surface area contributed by atoms with Crippen LogP contribution in [0, 0.1) is 13.8 Å². The minimum atomic E-state index is -4.43. The van der Waals surface area contributed by atoms with Crippen LogP contribution < -0.4 is 0 Å². The van der Waals surface area contributed by atoms with Crippen LogP contribution in [-0.4, -0.2) is 43.7 Å². The highest BCUT2D eigenvalue weighted by molar-refractivity contribution is 7.90. The van der Waals surface area contributed by atoms with Gasteiger partial charge in [-0.3, -0.25) is 9.67 Å². The van der Waals surface area contributed by atoms with Crippen molar-refractivity contribution in [2.45, 2.75) is 57.5 Å². The molecule has 0 aliphatic heterocycles. The molecule has 1 fully saturated rings. The smallest absolute Gasteiger partial charge is 0.361 e. The van der Waals surface area contributed by atoms with E-state index in [1.165, 1.54) is 22.6 Å². The number of alkyl halides is 3. The summed E-state index contributed by atoms with van der Waals surface area (Å²) in [7, 11) is -3.75. The van der Waals surface area contributed by atoms with Crippen LogP contribution in [0.2, 0.25) is 0 Å². The standard InChI is InChI=1S/C22H22F3N5O3S/c1-13-20(14(2)33-28-13)15-7-19-21(26-8-15)18(16-9-27-29(10-16)12-22(23,24)25)11-30(19)34(31,32)17-5-3-4-6-17/h7-11,17H,3-6,12H2,1-2H3. The summed E-state index contributed by atoms with van der Waals surface area (Å²) in [6, 6.07) is 1.71. The van der Waals surface area contributed by atoms with Crippen LogP contribution in [0.5, 0.6) is 0 Å². The van der Waals surface area contributed by atoms with E-state index in [-0.39, 0.29) is 0 Å². The van der Waals surface area contributed by atoms with Crippen LogP contribution in [0.15, 0.2) is 35.4 Å². The lowest BCUT2D eigenvalue weighted by Crippen LogP contribution is -2.24. The van der Waals surface area contributed by atoms with E-state index in [1.54, 1.807) is 26.1 Å². The van der Waals surface area contributed by atoms with E-state index in [0.29, 0.717) is 52.0 Å². The number of halogens is 3. The van der Waals surface area contributed by atoms with Crippen molar-refractivity contribution in [1.29, 1.82) is 0 Å². The molecule has 0 unspecified atom stereocenters. The molecule has 1 saturated carbocycles. The normalized spacial score (nSPS) is 15.6. The Hall–Kier alpha value is -3.15. The lowest BCUT2D eigenvalue weighted by atomic mass is 10.1. The number of fused-ring (bicyclic) bond motifs is 1. The number of pyridine rings is 1. The van der Waals surface area contributed by atoms with Gasteiger partial charge in [0.2, 0.25) is 10.0 Å². The van der Waals surface area contributed by atoms with E-state index < -0.39 is 28.0 Å². The van der Waals surface area contributed by atoms with Gasteiger partial charge >= 0.3 is 6.18 Å². The van der Waals surface area contributed by atoms with Crippen molar-refractivity contribution in [3.63, 3.8) is 0 Å². The minimum Gasteiger partial charge on any atom is -0.361 e. The van der Waals surface area contributed by atoms with Gasteiger partial charge < -0.3 is 4.52 Å². The monoisotopic (exact) mass is 493 g/mol. The highest BCUT2D eigenvalue weighted by atomic mass is 32.2. The summed E-state index contributed by atoms with van der Waals surface area (Å²) in [4.78, 5) is 4.53. The fraction of sp³-hybridized carbons (Fsp3) is 0.409. The maximum atomic E-state index is 13.6. The summed E-state index contributed by atoms with van der Waals surface area (Å²) < 4.78 is 72.8. The van der Waals surface area contributed by atoms with Gasteiger partial charge in [-0.2, -0.15) is 18.3 Å². The van der Waals surface area contributed by atoms with Gasteiger partial charge in [-0.25, -0.2) is 12.4 Å². The fourth-order valence-corrected chi connectivity index (χ4v) is 6.57. The van der Waals surface area contributed by atoms with Crippen LogP contribution in [-0.2, 0) is 16.6 Å². The van der Waals surface area contributed by atoms with Gasteiger partial charge in [0.05, 0.1) is 28.2 Å². The van der Waals surface area contributed by atoms with Crippen molar-refractivity contribution < 1.29 is 26.1 Å². The Bertz CT molecular complexity index is 1460. The summed E-state index contributed by atoms with van der Waals surface area (Å²) in [5, 5.41) is 7.24. The Morgan fingerprint density at radius 2 is 1.85 bits per heavy atom. The fourth-order valence-electron chi connectivity index (χ4n) is 4.65. The second kappa shape index (κ2) is 7.97. The molecule has 0 atom stereocenters. The molecule has 0 radical (unpaired) electrons. The molecule has 34 heavy (non-hydrogen) atoms. The van der Waals surface area contributed by atoms with Gasteiger partial charge in [-0.05, 0) is 32.8 Å². The number of hydrogen-bond donors (Lipinski definition) is 0. The van der Waals surface area contributed by atoms with Crippen LogP contribution in [0.3, 0.4) is 0 Å². The van der Waals surface area contributed by atoms with Gasteiger partial charge in [0.1, 0.15) is 12.3 Å². The molecule has 12 heteroatoms. The van der Waals surface area contributed by atoms with E-state index in [2.05, 4.69) is 15.2 Å². The third-order valence-corrected chi connectivity index (χ3v) is 8.38. The molecule has 1 aliphatic carbocycles. The van der Waals surface area contributed by atoms with Crippen molar-refractivity contribution in [3.05, 3.63) is 42.3 Å². The van der Waals surface area contributed by atoms with E-state index in [1.807, 2.05) is 0 Å². The van der Waals surface area contributed by atoms with Crippen molar-refractivity contribution in [2.24, 2.45) is 0 Å². The van der Waals surface area contributed by atoms with Crippen LogP contribution in [0.1, 0.15) is 37.1 Å². The zero-order chi connectivity index (χ0) is 24.3. The molecule has 0 spiro atoms. The molecular formula is C22H22F3N5O3S. The second-order valence-electron chi connectivity index (χ2n) is 8.62. The van der Waals surface area contributed by atoms with Crippen molar-refractivity contribution in [1.82, 2.24) is 23.9 Å². The summed E-state index contributed by atoms with van der Waals surface area (Å²) in [5.41, 5.74) is 3.47. The van der Waals surface area contributed by atoms with Crippen LogP contribution >= 0.6 is 0 Å². The maximum absolute atomic E-state index is 13.6. The molecule has 0 bridgehead atoms. The molecule has 1 aliphatic rings. The Morgan fingerprint density at radius 1 is 1.12 bits per heavy atom. The maximum Gasteiger partial charge on any atom is 0.408 e. The van der Waals surface area contributed by atoms with Crippen molar-refractivity contribution in [2.75, 3.05) is 0 Å². The summed E-state index contributed by atoms with van der Waals surface area (Å²) in [5.74, 6) is 0.573. The number of hydrogen-bond acceptors (Lipinski definition) is 6. The molecule has 180 valence electrons. The topological polar surface area (TPSA) is 95.8 Å². The zero-order valence-electron chi connectivity index (χ0n) is 18.5. The quantitative estimate of drug-likeness (QED) is 0.394. The van der Waals surface area contributed by atoms with E-state index >= 15 is 0 Å². The Morgan fingerprint density at radius 3 is 2.50 bits per heavy atom. The summed E-state index contributed by atoms with van der Waals surface area (Å²) in [6.07, 6.45) is 3.95. The first-order chi connectivity index (χ1) is 16.0. The SMILES string of the molecule is Cc1noc(C)c1-c1cnc2c(-c3cnn(CC(F)(F)F)c3)cn(S(=O)(=O)C3CCCC3)c2c1. The molecule has 0 amide bonds. The molecule has 0 N–H and O–H groups in total. The first-order valence-corrected chi connectivity index (χ1v) is 12.3. The third kappa shape index (κ3) is 3.89. The third-order valence-electron chi connectivity index (χ3n) is 6.21. The Labute approximate surface area is 193 Å². The molecule has 0 aromatic carbocycles. The summed E-state index contributed by atoms with van der Waals surface area (Å²) >= 11 is 0. The molecular weight excluding hydrogens is 471 g/mol. The number of aromatic nitrogens is 5. The molecule has 0 saturated heterocycles. The van der Waals surface area contributed by atoms with Gasteiger partial charge in [0.25, 0.3) is 0 Å². The average molecular weight is 494 g/mol. The van der Waals surface area contributed by atoms with E-state index in [4.69, 9.17) is 4.52 Å². The van der Waals surface area contributed by atoms with Crippen molar-refractivity contribution in [3.8, 4) is 22.3 Å². The van der Waals surface area contributed by atoms with Crippen molar-refractivity contribution >= 4 is 21.1 Å². The first-order valence-electron chi connectivity index (χ1n) is 10.8. The second-order valence-corrected chi connectivity index (χ2v) is 10.7. The Kier molecular flexibility index (Phi) is 5.30. The first kappa shape index (κ1) is 22.6. The Balaban J connectivity index is 1.70. The van der Waals surface area contributed by atoms with Gasteiger partial charge in [0, 0.05) is 40.8 Å². The van der Waals surface area contributed by atoms with Crippen LogP contribution in [0.4, 0.5) is 13.2 Å². The largest absolute Gasteiger partial charge is 0.408 e. The minimum absolute atomic E-state index is 0.350. The highest BCUT2D eigenvalue weighted by Crippen LogP contribution is 2.37. The average Bonchev–Trinajstić information content (AvgIpc) is 3.53.